The topological polar surface area (TPSA) is 153 Å². The van der Waals surface area contributed by atoms with E-state index in [0.717, 1.165) is 18.2 Å². The van der Waals surface area contributed by atoms with Crippen LogP contribution in [0.3, 0.4) is 0 Å². The fourth-order valence-electron chi connectivity index (χ4n) is 2.57. The van der Waals surface area contributed by atoms with Crippen molar-refractivity contribution >= 4 is 23.3 Å². The molecule has 10 heteroatoms. The van der Waals surface area contributed by atoms with Gasteiger partial charge in [0.05, 0.1) is 27.0 Å². The highest BCUT2D eigenvalue weighted by molar-refractivity contribution is 5.96. The van der Waals surface area contributed by atoms with Crippen molar-refractivity contribution in [1.82, 2.24) is 5.32 Å². The summed E-state index contributed by atoms with van der Waals surface area (Å²) in [5.74, 6) is -1.80. The van der Waals surface area contributed by atoms with E-state index in [4.69, 9.17) is 5.11 Å². The number of nitro groups is 2. The number of nitrogens with zero attached hydrogens (tertiary/aromatic N) is 2. The molecule has 0 unspecified atom stereocenters. The summed E-state index contributed by atoms with van der Waals surface area (Å²) in [6.07, 6.45) is 7.02. The lowest BCUT2D eigenvalue weighted by atomic mass is 9.86. The van der Waals surface area contributed by atoms with E-state index in [9.17, 15) is 29.8 Å². The second kappa shape index (κ2) is 7.55. The summed E-state index contributed by atoms with van der Waals surface area (Å²) < 4.78 is 0. The number of hydrogen-bond acceptors (Lipinski definition) is 6. The van der Waals surface area contributed by atoms with Gasteiger partial charge in [-0.2, -0.15) is 0 Å². The number of non-ortho nitro benzene ring substituents is 2. The van der Waals surface area contributed by atoms with Crippen LogP contribution in [-0.4, -0.2) is 32.4 Å². The number of nitro benzene ring substituents is 2. The second-order valence-corrected chi connectivity index (χ2v) is 5.75. The van der Waals surface area contributed by atoms with Gasteiger partial charge in [0.1, 0.15) is 0 Å². The predicted molar refractivity (Wildman–Crippen MR) is 89.7 cm³/mol. The summed E-state index contributed by atoms with van der Waals surface area (Å²) >= 11 is 0. The number of aliphatic carboxylic acids is 1. The summed E-state index contributed by atoms with van der Waals surface area (Å²) in [7, 11) is 0. The van der Waals surface area contributed by atoms with Crippen molar-refractivity contribution in [2.45, 2.75) is 24.8 Å². The Hall–Kier alpha value is -3.56. The van der Waals surface area contributed by atoms with Gasteiger partial charge in [0, 0.05) is 18.6 Å². The van der Waals surface area contributed by atoms with Gasteiger partial charge in [-0.3, -0.25) is 29.8 Å². The van der Waals surface area contributed by atoms with Crippen LogP contribution in [0, 0.1) is 20.2 Å². The number of benzene rings is 1. The summed E-state index contributed by atoms with van der Waals surface area (Å²) in [6.45, 7) is 0. The molecule has 0 aromatic heterocycles. The minimum absolute atomic E-state index is 0.103. The van der Waals surface area contributed by atoms with Gasteiger partial charge in [0.15, 0.2) is 0 Å². The molecule has 1 amide bonds. The maximum absolute atomic E-state index is 12.6. The third kappa shape index (κ3) is 4.50. The van der Waals surface area contributed by atoms with E-state index in [1.54, 1.807) is 24.3 Å². The number of amides is 1. The maximum Gasteiger partial charge on any atom is 0.303 e. The Morgan fingerprint density at radius 2 is 1.73 bits per heavy atom. The molecule has 10 nitrogen and oxygen atoms in total. The first-order valence-electron chi connectivity index (χ1n) is 7.55. The summed E-state index contributed by atoms with van der Waals surface area (Å²) in [6, 6.07) is 2.64. The summed E-state index contributed by atoms with van der Waals surface area (Å²) in [4.78, 5) is 43.7. The van der Waals surface area contributed by atoms with Crippen LogP contribution in [0.25, 0.3) is 0 Å². The molecule has 1 atom stereocenters. The molecule has 0 aliphatic heterocycles. The smallest absolute Gasteiger partial charge is 0.303 e. The molecule has 26 heavy (non-hydrogen) atoms. The molecule has 1 aromatic rings. The highest BCUT2D eigenvalue weighted by Gasteiger charge is 2.31. The zero-order valence-corrected chi connectivity index (χ0v) is 13.5. The Balaban J connectivity index is 2.33. The molecule has 0 radical (unpaired) electrons. The number of hydrogen-bond donors (Lipinski definition) is 2. The molecule has 1 aromatic carbocycles. The van der Waals surface area contributed by atoms with Crippen LogP contribution in [0.1, 0.15) is 29.6 Å². The van der Waals surface area contributed by atoms with Gasteiger partial charge in [-0.25, -0.2) is 0 Å². The molecule has 1 aliphatic rings. The quantitative estimate of drug-likeness (QED) is 0.558. The monoisotopic (exact) mass is 361 g/mol. The average Bonchev–Trinajstić information content (AvgIpc) is 2.60. The van der Waals surface area contributed by atoms with Crippen molar-refractivity contribution in [1.29, 1.82) is 0 Å². The van der Waals surface area contributed by atoms with Crippen LogP contribution in [0.2, 0.25) is 0 Å². The normalized spacial score (nSPS) is 18.3. The van der Waals surface area contributed by atoms with E-state index in [1.807, 2.05) is 0 Å². The lowest BCUT2D eigenvalue weighted by molar-refractivity contribution is -0.394. The fourth-order valence-corrected chi connectivity index (χ4v) is 2.57. The van der Waals surface area contributed by atoms with Gasteiger partial charge in [-0.1, -0.05) is 24.3 Å². The summed E-state index contributed by atoms with van der Waals surface area (Å²) in [5.41, 5.74) is -2.39. The van der Waals surface area contributed by atoms with E-state index in [-0.39, 0.29) is 18.4 Å². The van der Waals surface area contributed by atoms with Gasteiger partial charge in [-0.05, 0) is 12.8 Å². The van der Waals surface area contributed by atoms with Gasteiger partial charge in [0.25, 0.3) is 17.3 Å². The molecule has 2 N–H and O–H groups in total. The molecule has 2 rings (SSSR count). The lowest BCUT2D eigenvalue weighted by Crippen LogP contribution is -2.47. The van der Waals surface area contributed by atoms with E-state index in [0.29, 0.717) is 6.42 Å². The zero-order chi connectivity index (χ0) is 19.3. The largest absolute Gasteiger partial charge is 0.481 e. The van der Waals surface area contributed by atoms with Crippen LogP contribution >= 0.6 is 0 Å². The van der Waals surface area contributed by atoms with Gasteiger partial charge in [0.2, 0.25) is 0 Å². The van der Waals surface area contributed by atoms with Crippen LogP contribution in [0.5, 0.6) is 0 Å². The fraction of sp³-hybridized carbons (Fsp3) is 0.250. The van der Waals surface area contributed by atoms with E-state index >= 15 is 0 Å². The minimum atomic E-state index is -1.03. The first-order valence-corrected chi connectivity index (χ1v) is 7.55. The standard InChI is InChI=1S/C16H15N3O7/c20-14(21)4-7-16(5-2-1-3-6-16)17-15(22)11-8-12(18(23)24)10-13(9-11)19(25)26/h1-3,5,8-10H,4,6-7H2,(H,17,22)(H,20,21)/t16-/m1/s1. The van der Waals surface area contributed by atoms with Gasteiger partial charge in [-0.15, -0.1) is 0 Å². The molecule has 0 spiro atoms. The van der Waals surface area contributed by atoms with Crippen LogP contribution in [0.15, 0.2) is 42.5 Å². The number of rotatable bonds is 7. The Bertz CT molecular complexity index is 799. The molecule has 0 bridgehead atoms. The number of carbonyl (C=O) groups is 2. The molecule has 0 saturated heterocycles. The highest BCUT2D eigenvalue weighted by Crippen LogP contribution is 2.26. The molecule has 0 saturated carbocycles. The number of nitrogens with one attached hydrogen (secondary N) is 1. The van der Waals surface area contributed by atoms with Crippen molar-refractivity contribution in [2.75, 3.05) is 0 Å². The van der Waals surface area contributed by atoms with Crippen molar-refractivity contribution < 1.29 is 24.5 Å². The van der Waals surface area contributed by atoms with E-state index in [2.05, 4.69) is 5.32 Å². The SMILES string of the molecule is O=C(O)CC[C@@]1(NC(=O)c2cc([N+](=O)[O-])cc([N+](=O)[O-])c2)C=CC=CC1. The average molecular weight is 361 g/mol. The predicted octanol–water partition coefficient (Wildman–Crippen LogP) is 2.35. The van der Waals surface area contributed by atoms with Crippen molar-refractivity contribution in [3.05, 3.63) is 68.3 Å². The van der Waals surface area contributed by atoms with Crippen LogP contribution < -0.4 is 5.32 Å². The van der Waals surface area contributed by atoms with Crippen molar-refractivity contribution in [3.8, 4) is 0 Å². The van der Waals surface area contributed by atoms with Crippen LogP contribution in [0.4, 0.5) is 11.4 Å². The molecular formula is C16H15N3O7. The third-order valence-electron chi connectivity index (χ3n) is 3.88. The first-order chi connectivity index (χ1) is 12.2. The Morgan fingerprint density at radius 3 is 2.19 bits per heavy atom. The number of carbonyl (C=O) groups excluding carboxylic acids is 1. The van der Waals surface area contributed by atoms with Gasteiger partial charge < -0.3 is 10.4 Å². The Morgan fingerprint density at radius 1 is 1.12 bits per heavy atom. The highest BCUT2D eigenvalue weighted by atomic mass is 16.6. The van der Waals surface area contributed by atoms with Crippen molar-refractivity contribution in [3.63, 3.8) is 0 Å². The lowest BCUT2D eigenvalue weighted by Gasteiger charge is -2.32. The van der Waals surface area contributed by atoms with E-state index < -0.39 is 38.6 Å². The Kier molecular flexibility index (Phi) is 5.45. The second-order valence-electron chi connectivity index (χ2n) is 5.75. The molecule has 1 aliphatic carbocycles. The van der Waals surface area contributed by atoms with Crippen molar-refractivity contribution in [2.24, 2.45) is 0 Å². The summed E-state index contributed by atoms with van der Waals surface area (Å²) in [5, 5.41) is 33.4. The number of carboxylic acid groups (broad SMARTS) is 1. The van der Waals surface area contributed by atoms with Crippen LogP contribution in [-0.2, 0) is 4.79 Å². The molecular weight excluding hydrogens is 346 g/mol. The molecule has 0 heterocycles. The molecule has 0 fully saturated rings. The molecule has 136 valence electrons. The third-order valence-corrected chi connectivity index (χ3v) is 3.88. The minimum Gasteiger partial charge on any atom is -0.481 e. The zero-order valence-electron chi connectivity index (χ0n) is 13.5. The maximum atomic E-state index is 12.6. The number of allylic oxidation sites excluding steroid dienone is 2. The Labute approximate surface area is 147 Å². The van der Waals surface area contributed by atoms with Gasteiger partial charge >= 0.3 is 5.97 Å². The van der Waals surface area contributed by atoms with E-state index in [1.165, 1.54) is 0 Å². The first kappa shape index (κ1) is 18.8. The number of carboxylic acids is 1.